The molecule has 0 aliphatic heterocycles. The molecule has 1 rings (SSSR count). The van der Waals surface area contributed by atoms with Crippen molar-refractivity contribution < 1.29 is 9.53 Å². The number of carbonyl (C=O) groups excluding carboxylic acids is 1. The topological polar surface area (TPSA) is 63.0 Å². The first-order chi connectivity index (χ1) is 6.51. The number of esters is 1. The van der Waals surface area contributed by atoms with Gasteiger partial charge in [-0.05, 0) is 13.8 Å². The van der Waals surface area contributed by atoms with Crippen molar-refractivity contribution in [3.63, 3.8) is 0 Å². The van der Waals surface area contributed by atoms with Crippen molar-refractivity contribution in [2.75, 3.05) is 7.11 Å². The highest BCUT2D eigenvalue weighted by molar-refractivity contribution is 7.13. The van der Waals surface area contributed by atoms with Gasteiger partial charge in [0.1, 0.15) is 15.3 Å². The van der Waals surface area contributed by atoms with E-state index in [4.69, 9.17) is 5.26 Å². The quantitative estimate of drug-likeness (QED) is 0.697. The molecule has 0 atom stereocenters. The van der Waals surface area contributed by atoms with Crippen LogP contribution in [-0.2, 0) is 10.2 Å². The van der Waals surface area contributed by atoms with Crippen LogP contribution in [0.25, 0.3) is 0 Å². The van der Waals surface area contributed by atoms with E-state index in [9.17, 15) is 4.79 Å². The predicted octanol–water partition coefficient (Wildman–Crippen LogP) is 1.73. The standard InChI is InChI=1S/C9H10N2O2S/c1-9(2,5-10)8-11-4-6(14-8)7(12)13-3/h4H,1-3H3. The number of hydrogen-bond donors (Lipinski definition) is 0. The van der Waals surface area contributed by atoms with Crippen LogP contribution in [0, 0.1) is 11.3 Å². The zero-order valence-corrected chi connectivity index (χ0v) is 9.01. The number of rotatable bonds is 2. The molecule has 0 spiro atoms. The summed E-state index contributed by atoms with van der Waals surface area (Å²) in [5.74, 6) is -0.414. The van der Waals surface area contributed by atoms with Gasteiger partial charge in [0, 0.05) is 0 Å². The summed E-state index contributed by atoms with van der Waals surface area (Å²) in [6.45, 7) is 3.51. The zero-order valence-electron chi connectivity index (χ0n) is 8.20. The molecule has 0 fully saturated rings. The zero-order chi connectivity index (χ0) is 10.8. The second-order valence-corrected chi connectivity index (χ2v) is 4.29. The van der Waals surface area contributed by atoms with Crippen molar-refractivity contribution in [1.82, 2.24) is 4.98 Å². The van der Waals surface area contributed by atoms with Crippen molar-refractivity contribution in [2.45, 2.75) is 19.3 Å². The summed E-state index contributed by atoms with van der Waals surface area (Å²) in [5, 5.41) is 9.48. The van der Waals surface area contributed by atoms with Crippen LogP contribution in [0.5, 0.6) is 0 Å². The van der Waals surface area contributed by atoms with Crippen molar-refractivity contribution in [3.05, 3.63) is 16.1 Å². The van der Waals surface area contributed by atoms with Crippen LogP contribution in [-0.4, -0.2) is 18.1 Å². The summed E-state index contributed by atoms with van der Waals surface area (Å²) >= 11 is 1.19. The Morgan fingerprint density at radius 3 is 2.86 bits per heavy atom. The molecule has 14 heavy (non-hydrogen) atoms. The van der Waals surface area contributed by atoms with Crippen LogP contribution >= 0.6 is 11.3 Å². The number of hydrogen-bond acceptors (Lipinski definition) is 5. The number of carbonyl (C=O) groups is 1. The van der Waals surface area contributed by atoms with Gasteiger partial charge in [0.25, 0.3) is 0 Å². The highest BCUT2D eigenvalue weighted by Gasteiger charge is 2.25. The normalized spacial score (nSPS) is 10.7. The molecule has 4 nitrogen and oxygen atoms in total. The number of thiazole rings is 1. The lowest BCUT2D eigenvalue weighted by Gasteiger charge is -2.09. The van der Waals surface area contributed by atoms with Crippen LogP contribution in [0.3, 0.4) is 0 Å². The van der Waals surface area contributed by atoms with Gasteiger partial charge in [-0.15, -0.1) is 11.3 Å². The Labute approximate surface area is 86.1 Å². The van der Waals surface area contributed by atoms with E-state index in [-0.39, 0.29) is 0 Å². The third-order valence-electron chi connectivity index (χ3n) is 1.71. The van der Waals surface area contributed by atoms with Gasteiger partial charge in [-0.3, -0.25) is 0 Å². The van der Waals surface area contributed by atoms with Crippen molar-refractivity contribution in [3.8, 4) is 6.07 Å². The molecule has 0 aromatic carbocycles. The summed E-state index contributed by atoms with van der Waals surface area (Å²) in [6.07, 6.45) is 1.44. The fourth-order valence-corrected chi connectivity index (χ4v) is 1.69. The van der Waals surface area contributed by atoms with Crippen molar-refractivity contribution in [2.24, 2.45) is 0 Å². The summed E-state index contributed by atoms with van der Waals surface area (Å²) in [6, 6.07) is 2.12. The Kier molecular flexibility index (Phi) is 2.87. The predicted molar refractivity (Wildman–Crippen MR) is 52.1 cm³/mol. The van der Waals surface area contributed by atoms with Gasteiger partial charge < -0.3 is 4.74 Å². The van der Waals surface area contributed by atoms with E-state index < -0.39 is 11.4 Å². The summed E-state index contributed by atoms with van der Waals surface area (Å²) in [5.41, 5.74) is -0.656. The molecule has 74 valence electrons. The van der Waals surface area contributed by atoms with Crippen LogP contribution in [0.2, 0.25) is 0 Å². The average Bonchev–Trinajstić information content (AvgIpc) is 2.66. The molecule has 1 aromatic rings. The molecule has 1 aromatic heterocycles. The second kappa shape index (κ2) is 3.76. The SMILES string of the molecule is COC(=O)c1cnc(C(C)(C)C#N)s1. The van der Waals surface area contributed by atoms with E-state index in [1.165, 1.54) is 24.6 Å². The van der Waals surface area contributed by atoms with Gasteiger partial charge in [-0.25, -0.2) is 9.78 Å². The maximum Gasteiger partial charge on any atom is 0.349 e. The minimum Gasteiger partial charge on any atom is -0.465 e. The van der Waals surface area contributed by atoms with Crippen LogP contribution in [0.15, 0.2) is 6.20 Å². The number of methoxy groups -OCH3 is 1. The Morgan fingerprint density at radius 1 is 1.71 bits per heavy atom. The minimum absolute atomic E-state index is 0.414. The molecule has 0 amide bonds. The summed E-state index contributed by atoms with van der Waals surface area (Å²) in [7, 11) is 1.32. The Balaban J connectivity index is 3.01. The molecule has 0 radical (unpaired) electrons. The van der Waals surface area contributed by atoms with E-state index >= 15 is 0 Å². The van der Waals surface area contributed by atoms with Gasteiger partial charge in [0.2, 0.25) is 0 Å². The van der Waals surface area contributed by atoms with Crippen LogP contribution in [0.1, 0.15) is 28.5 Å². The van der Waals surface area contributed by atoms with E-state index in [1.807, 2.05) is 0 Å². The molecule has 5 heteroatoms. The molecule has 0 saturated heterocycles. The molecular formula is C9H10N2O2S. The third kappa shape index (κ3) is 1.91. The largest absolute Gasteiger partial charge is 0.465 e. The monoisotopic (exact) mass is 210 g/mol. The minimum atomic E-state index is -0.656. The molecule has 0 N–H and O–H groups in total. The molecular weight excluding hydrogens is 200 g/mol. The number of ether oxygens (including phenoxy) is 1. The highest BCUT2D eigenvalue weighted by atomic mass is 32.1. The van der Waals surface area contributed by atoms with Crippen LogP contribution in [0.4, 0.5) is 0 Å². The lowest BCUT2D eigenvalue weighted by Crippen LogP contribution is -2.12. The third-order valence-corrected chi connectivity index (χ3v) is 3.01. The van der Waals surface area contributed by atoms with E-state index in [0.29, 0.717) is 9.88 Å². The van der Waals surface area contributed by atoms with Gasteiger partial charge in [0.05, 0.1) is 19.4 Å². The van der Waals surface area contributed by atoms with E-state index in [1.54, 1.807) is 13.8 Å². The lowest BCUT2D eigenvalue weighted by molar-refractivity contribution is 0.0606. The van der Waals surface area contributed by atoms with Crippen LogP contribution < -0.4 is 0 Å². The fourth-order valence-electron chi connectivity index (χ4n) is 0.806. The first kappa shape index (κ1) is 10.7. The molecule has 1 heterocycles. The Hall–Kier alpha value is -1.41. The second-order valence-electron chi connectivity index (χ2n) is 3.26. The average molecular weight is 210 g/mol. The fraction of sp³-hybridized carbons (Fsp3) is 0.444. The summed E-state index contributed by atoms with van der Waals surface area (Å²) in [4.78, 5) is 15.6. The van der Waals surface area contributed by atoms with Gasteiger partial charge in [-0.2, -0.15) is 5.26 Å². The maximum absolute atomic E-state index is 11.1. The van der Waals surface area contributed by atoms with Gasteiger partial charge >= 0.3 is 5.97 Å². The number of nitrogens with zero attached hydrogens (tertiary/aromatic N) is 2. The Morgan fingerprint density at radius 2 is 2.36 bits per heavy atom. The first-order valence-electron chi connectivity index (χ1n) is 3.97. The highest BCUT2D eigenvalue weighted by Crippen LogP contribution is 2.26. The number of nitriles is 1. The molecule has 0 bridgehead atoms. The molecule has 0 aliphatic carbocycles. The van der Waals surface area contributed by atoms with Gasteiger partial charge in [0.15, 0.2) is 0 Å². The Bertz CT molecular complexity index is 390. The maximum atomic E-state index is 11.1. The van der Waals surface area contributed by atoms with Crippen molar-refractivity contribution >= 4 is 17.3 Å². The first-order valence-corrected chi connectivity index (χ1v) is 4.79. The molecule has 0 saturated carbocycles. The summed E-state index contributed by atoms with van der Waals surface area (Å²) < 4.78 is 4.54. The lowest BCUT2D eigenvalue weighted by atomic mass is 9.97. The van der Waals surface area contributed by atoms with E-state index in [0.717, 1.165) is 0 Å². The smallest absolute Gasteiger partial charge is 0.349 e. The van der Waals surface area contributed by atoms with E-state index in [2.05, 4.69) is 15.8 Å². The van der Waals surface area contributed by atoms with Crippen molar-refractivity contribution in [1.29, 1.82) is 5.26 Å². The van der Waals surface area contributed by atoms with Gasteiger partial charge in [-0.1, -0.05) is 0 Å². The molecule has 0 aliphatic rings. The molecule has 0 unspecified atom stereocenters. The number of aromatic nitrogens is 1.